The number of aliphatic hydroxyl groups is 1. The van der Waals surface area contributed by atoms with Gasteiger partial charge < -0.3 is 14.6 Å². The molecule has 0 aromatic rings. The first-order chi connectivity index (χ1) is 8.91. The number of fused-ring (bicyclic) bond motifs is 1. The van der Waals surface area contributed by atoms with Crippen LogP contribution >= 0.6 is 0 Å². The van der Waals surface area contributed by atoms with Crippen LogP contribution in [-0.4, -0.2) is 28.4 Å². The lowest BCUT2D eigenvalue weighted by Gasteiger charge is -2.50. The maximum atomic E-state index is 11.8. The third-order valence-corrected chi connectivity index (χ3v) is 4.16. The number of hydrogen-bond acceptors (Lipinski definition) is 5. The van der Waals surface area contributed by atoms with Crippen LogP contribution in [0.3, 0.4) is 0 Å². The SMILES string of the molecule is CCCC12CCC(C)CC1(O)OC(=O)CCC(=O)O2. The van der Waals surface area contributed by atoms with Gasteiger partial charge in [-0.25, -0.2) is 0 Å². The van der Waals surface area contributed by atoms with E-state index in [-0.39, 0.29) is 18.8 Å². The molecule has 0 radical (unpaired) electrons. The summed E-state index contributed by atoms with van der Waals surface area (Å²) < 4.78 is 10.9. The van der Waals surface area contributed by atoms with Gasteiger partial charge in [0.1, 0.15) is 0 Å². The molecule has 0 bridgehead atoms. The summed E-state index contributed by atoms with van der Waals surface area (Å²) in [5.41, 5.74) is -1.07. The molecule has 1 saturated heterocycles. The number of carbonyl (C=O) groups is 2. The highest BCUT2D eigenvalue weighted by molar-refractivity contribution is 5.79. The van der Waals surface area contributed by atoms with Crippen LogP contribution in [-0.2, 0) is 19.1 Å². The average Bonchev–Trinajstić information content (AvgIpc) is 2.31. The predicted molar refractivity (Wildman–Crippen MR) is 67.0 cm³/mol. The van der Waals surface area contributed by atoms with Gasteiger partial charge >= 0.3 is 11.9 Å². The van der Waals surface area contributed by atoms with Gasteiger partial charge in [0.25, 0.3) is 5.79 Å². The smallest absolute Gasteiger partial charge is 0.309 e. The molecule has 1 heterocycles. The topological polar surface area (TPSA) is 72.8 Å². The summed E-state index contributed by atoms with van der Waals surface area (Å²) in [6, 6.07) is 0. The van der Waals surface area contributed by atoms with Crippen molar-refractivity contribution in [1.82, 2.24) is 0 Å². The van der Waals surface area contributed by atoms with Crippen molar-refractivity contribution in [2.45, 2.75) is 70.2 Å². The van der Waals surface area contributed by atoms with Crippen molar-refractivity contribution in [3.63, 3.8) is 0 Å². The number of rotatable bonds is 2. The molecule has 5 nitrogen and oxygen atoms in total. The molecule has 0 spiro atoms. The summed E-state index contributed by atoms with van der Waals surface area (Å²) >= 11 is 0. The summed E-state index contributed by atoms with van der Waals surface area (Å²) in [7, 11) is 0. The van der Waals surface area contributed by atoms with Crippen molar-refractivity contribution in [3.05, 3.63) is 0 Å². The van der Waals surface area contributed by atoms with E-state index in [9.17, 15) is 14.7 Å². The van der Waals surface area contributed by atoms with E-state index in [0.717, 1.165) is 12.8 Å². The number of hydrogen-bond donors (Lipinski definition) is 1. The van der Waals surface area contributed by atoms with E-state index in [1.165, 1.54) is 0 Å². The Morgan fingerprint density at radius 3 is 2.53 bits per heavy atom. The highest BCUT2D eigenvalue weighted by atomic mass is 16.7. The summed E-state index contributed by atoms with van der Waals surface area (Å²) in [6.07, 6.45) is 2.97. The Balaban J connectivity index is 2.37. The van der Waals surface area contributed by atoms with E-state index >= 15 is 0 Å². The number of esters is 2. The minimum atomic E-state index is -1.67. The number of carbonyl (C=O) groups excluding carboxylic acids is 2. The third-order valence-electron chi connectivity index (χ3n) is 4.16. The Labute approximate surface area is 113 Å². The molecule has 2 fully saturated rings. The van der Waals surface area contributed by atoms with Gasteiger partial charge in [0, 0.05) is 6.42 Å². The van der Waals surface area contributed by atoms with E-state index in [1.54, 1.807) is 0 Å². The Morgan fingerprint density at radius 2 is 1.89 bits per heavy atom. The van der Waals surface area contributed by atoms with E-state index in [1.807, 2.05) is 13.8 Å². The molecule has 3 atom stereocenters. The first-order valence-corrected chi connectivity index (χ1v) is 7.07. The molecule has 108 valence electrons. The van der Waals surface area contributed by atoms with Crippen LogP contribution in [0.15, 0.2) is 0 Å². The van der Waals surface area contributed by atoms with Crippen molar-refractivity contribution in [2.75, 3.05) is 0 Å². The summed E-state index contributed by atoms with van der Waals surface area (Å²) in [5.74, 6) is -2.37. The second-order valence-corrected chi connectivity index (χ2v) is 5.82. The van der Waals surface area contributed by atoms with Gasteiger partial charge in [-0.3, -0.25) is 9.59 Å². The molecule has 1 N–H and O–H groups in total. The summed E-state index contributed by atoms with van der Waals surface area (Å²) in [5, 5.41) is 10.8. The maximum absolute atomic E-state index is 11.8. The van der Waals surface area contributed by atoms with Crippen LogP contribution in [0.2, 0.25) is 0 Å². The molecule has 1 aliphatic heterocycles. The van der Waals surface area contributed by atoms with E-state index in [2.05, 4.69) is 0 Å². The first kappa shape index (κ1) is 14.3. The van der Waals surface area contributed by atoms with Gasteiger partial charge in [0.2, 0.25) is 0 Å². The van der Waals surface area contributed by atoms with Crippen LogP contribution in [0.5, 0.6) is 0 Å². The molecule has 19 heavy (non-hydrogen) atoms. The molecule has 0 aromatic heterocycles. The molecule has 0 aromatic carbocycles. The lowest BCUT2D eigenvalue weighted by Crippen LogP contribution is -2.62. The largest absolute Gasteiger partial charge is 0.452 e. The molecule has 1 saturated carbocycles. The molecule has 3 unspecified atom stereocenters. The highest BCUT2D eigenvalue weighted by Crippen LogP contribution is 2.47. The van der Waals surface area contributed by atoms with Crippen molar-refractivity contribution >= 4 is 11.9 Å². The lowest BCUT2D eigenvalue weighted by molar-refractivity contribution is -0.315. The van der Waals surface area contributed by atoms with Crippen LogP contribution in [0.4, 0.5) is 0 Å². The molecule has 2 aliphatic rings. The Morgan fingerprint density at radius 1 is 1.26 bits per heavy atom. The fraction of sp³-hybridized carbons (Fsp3) is 0.857. The zero-order valence-corrected chi connectivity index (χ0v) is 11.6. The van der Waals surface area contributed by atoms with E-state index in [4.69, 9.17) is 9.47 Å². The van der Waals surface area contributed by atoms with Crippen molar-refractivity contribution < 1.29 is 24.2 Å². The first-order valence-electron chi connectivity index (χ1n) is 7.07. The Bertz CT molecular complexity index is 380. The van der Waals surface area contributed by atoms with Crippen LogP contribution < -0.4 is 0 Å². The van der Waals surface area contributed by atoms with Crippen LogP contribution in [0, 0.1) is 5.92 Å². The second-order valence-electron chi connectivity index (χ2n) is 5.82. The Kier molecular flexibility index (Phi) is 3.85. The normalized spacial score (nSPS) is 39.6. The molecular formula is C14H22O5. The van der Waals surface area contributed by atoms with Gasteiger partial charge in [-0.1, -0.05) is 20.3 Å². The lowest BCUT2D eigenvalue weighted by atomic mass is 9.72. The monoisotopic (exact) mass is 270 g/mol. The van der Waals surface area contributed by atoms with E-state index in [0.29, 0.717) is 19.3 Å². The molecule has 1 aliphatic carbocycles. The highest BCUT2D eigenvalue weighted by Gasteiger charge is 2.59. The molecular weight excluding hydrogens is 248 g/mol. The minimum Gasteiger partial charge on any atom is -0.452 e. The molecule has 0 amide bonds. The minimum absolute atomic E-state index is 0.0237. The van der Waals surface area contributed by atoms with Crippen LogP contribution in [0.25, 0.3) is 0 Å². The quantitative estimate of drug-likeness (QED) is 0.776. The average molecular weight is 270 g/mol. The van der Waals surface area contributed by atoms with Crippen molar-refractivity contribution in [2.24, 2.45) is 5.92 Å². The fourth-order valence-corrected chi connectivity index (χ4v) is 3.19. The maximum Gasteiger partial charge on any atom is 0.309 e. The van der Waals surface area contributed by atoms with E-state index < -0.39 is 23.3 Å². The third kappa shape index (κ3) is 2.61. The van der Waals surface area contributed by atoms with Crippen molar-refractivity contribution in [1.29, 1.82) is 0 Å². The Hall–Kier alpha value is -1.10. The van der Waals surface area contributed by atoms with Gasteiger partial charge in [-0.05, 0) is 25.2 Å². The van der Waals surface area contributed by atoms with Crippen molar-refractivity contribution in [3.8, 4) is 0 Å². The second kappa shape index (κ2) is 5.12. The molecule has 2 rings (SSSR count). The summed E-state index contributed by atoms with van der Waals surface area (Å²) in [6.45, 7) is 3.96. The van der Waals surface area contributed by atoms with Gasteiger partial charge in [0.05, 0.1) is 12.8 Å². The fourth-order valence-electron chi connectivity index (χ4n) is 3.19. The zero-order chi connectivity index (χ0) is 14.1. The molecule has 5 heteroatoms. The zero-order valence-electron chi connectivity index (χ0n) is 11.6. The van der Waals surface area contributed by atoms with Gasteiger partial charge in [0.15, 0.2) is 5.60 Å². The summed E-state index contributed by atoms with van der Waals surface area (Å²) in [4.78, 5) is 23.5. The predicted octanol–water partition coefficient (Wildman–Crippen LogP) is 1.91. The number of ether oxygens (including phenoxy) is 2. The van der Waals surface area contributed by atoms with Gasteiger partial charge in [-0.15, -0.1) is 0 Å². The van der Waals surface area contributed by atoms with Crippen LogP contribution in [0.1, 0.15) is 58.8 Å². The van der Waals surface area contributed by atoms with Gasteiger partial charge in [-0.2, -0.15) is 0 Å². The standard InChI is InChI=1S/C14H22O5/c1-3-7-13-8-6-10(2)9-14(13,17)19-12(16)5-4-11(15)18-13/h10,17H,3-9H2,1-2H3.